The first kappa shape index (κ1) is 15.3. The highest BCUT2D eigenvalue weighted by molar-refractivity contribution is 7.80. The zero-order valence-electron chi connectivity index (χ0n) is 11.8. The maximum atomic E-state index is 5.82. The van der Waals surface area contributed by atoms with Crippen molar-refractivity contribution < 1.29 is 9.47 Å². The lowest BCUT2D eigenvalue weighted by Crippen LogP contribution is -2.19. The molecule has 1 aromatic carbocycles. The third-order valence-corrected chi connectivity index (χ3v) is 3.70. The molecular weight excluding hydrogens is 270 g/mol. The summed E-state index contributed by atoms with van der Waals surface area (Å²) in [5.74, 6) is 0.865. The molecule has 20 heavy (non-hydrogen) atoms. The third kappa shape index (κ3) is 5.47. The Hall–Kier alpha value is -1.13. The van der Waals surface area contributed by atoms with Gasteiger partial charge >= 0.3 is 0 Å². The SMILES string of the molecule is NC(=S)Cc1ccc(OCCOC2CCCCC2)cc1. The summed E-state index contributed by atoms with van der Waals surface area (Å²) in [6.07, 6.45) is 7.45. The van der Waals surface area contributed by atoms with E-state index in [1.807, 2.05) is 24.3 Å². The molecule has 1 aliphatic rings. The second-order valence-electron chi connectivity index (χ2n) is 5.27. The van der Waals surface area contributed by atoms with Gasteiger partial charge in [0.1, 0.15) is 12.4 Å². The minimum Gasteiger partial charge on any atom is -0.491 e. The first-order valence-electron chi connectivity index (χ1n) is 7.35. The Bertz CT molecular complexity index is 413. The van der Waals surface area contributed by atoms with E-state index in [1.165, 1.54) is 32.1 Å². The first-order valence-corrected chi connectivity index (χ1v) is 7.76. The molecule has 3 nitrogen and oxygen atoms in total. The summed E-state index contributed by atoms with van der Waals surface area (Å²) in [7, 11) is 0. The molecule has 0 aromatic heterocycles. The van der Waals surface area contributed by atoms with Crippen LogP contribution >= 0.6 is 12.2 Å². The largest absolute Gasteiger partial charge is 0.491 e. The van der Waals surface area contributed by atoms with Gasteiger partial charge in [0.05, 0.1) is 17.7 Å². The highest BCUT2D eigenvalue weighted by Crippen LogP contribution is 2.20. The van der Waals surface area contributed by atoms with Gasteiger partial charge in [-0.3, -0.25) is 0 Å². The number of hydrogen-bond acceptors (Lipinski definition) is 3. The van der Waals surface area contributed by atoms with Crippen molar-refractivity contribution in [2.75, 3.05) is 13.2 Å². The quantitative estimate of drug-likeness (QED) is 0.619. The highest BCUT2D eigenvalue weighted by atomic mass is 32.1. The van der Waals surface area contributed by atoms with E-state index in [2.05, 4.69) is 0 Å². The van der Waals surface area contributed by atoms with E-state index >= 15 is 0 Å². The van der Waals surface area contributed by atoms with Crippen LogP contribution in [0.3, 0.4) is 0 Å². The van der Waals surface area contributed by atoms with Gasteiger partial charge in [-0.05, 0) is 30.5 Å². The molecule has 1 aliphatic carbocycles. The monoisotopic (exact) mass is 293 g/mol. The van der Waals surface area contributed by atoms with Gasteiger partial charge in [0.15, 0.2) is 0 Å². The van der Waals surface area contributed by atoms with Gasteiger partial charge in [-0.1, -0.05) is 43.6 Å². The Morgan fingerprint density at radius 3 is 2.45 bits per heavy atom. The molecule has 1 aromatic rings. The van der Waals surface area contributed by atoms with E-state index in [9.17, 15) is 0 Å². The standard InChI is InChI=1S/C16H23NO2S/c17-16(20)12-13-6-8-15(9-7-13)19-11-10-18-14-4-2-1-3-5-14/h6-9,14H,1-5,10-12H2,(H2,17,20). The van der Waals surface area contributed by atoms with Crippen molar-refractivity contribution in [1.82, 2.24) is 0 Å². The van der Waals surface area contributed by atoms with Crippen LogP contribution in [0.2, 0.25) is 0 Å². The number of rotatable bonds is 7. The van der Waals surface area contributed by atoms with Crippen LogP contribution < -0.4 is 10.5 Å². The summed E-state index contributed by atoms with van der Waals surface area (Å²) in [6.45, 7) is 1.27. The molecule has 2 rings (SSSR count). The van der Waals surface area contributed by atoms with Gasteiger partial charge in [0.2, 0.25) is 0 Å². The fourth-order valence-electron chi connectivity index (χ4n) is 2.51. The van der Waals surface area contributed by atoms with E-state index < -0.39 is 0 Å². The molecule has 4 heteroatoms. The Morgan fingerprint density at radius 2 is 1.80 bits per heavy atom. The van der Waals surface area contributed by atoms with E-state index in [-0.39, 0.29) is 0 Å². The molecule has 1 saturated carbocycles. The fourth-order valence-corrected chi connectivity index (χ4v) is 2.68. The van der Waals surface area contributed by atoms with Crippen LogP contribution in [0.25, 0.3) is 0 Å². The molecule has 0 bridgehead atoms. The van der Waals surface area contributed by atoms with Gasteiger partial charge in [-0.25, -0.2) is 0 Å². The predicted octanol–water partition coefficient (Wildman–Crippen LogP) is 3.24. The predicted molar refractivity (Wildman–Crippen MR) is 85.3 cm³/mol. The Balaban J connectivity index is 1.64. The van der Waals surface area contributed by atoms with Crippen molar-refractivity contribution in [3.05, 3.63) is 29.8 Å². The van der Waals surface area contributed by atoms with Crippen LogP contribution in [0.15, 0.2) is 24.3 Å². The molecule has 0 amide bonds. The lowest BCUT2D eigenvalue weighted by atomic mass is 9.98. The van der Waals surface area contributed by atoms with Crippen molar-refractivity contribution in [1.29, 1.82) is 0 Å². The van der Waals surface area contributed by atoms with Crippen LogP contribution in [0.1, 0.15) is 37.7 Å². The summed E-state index contributed by atoms with van der Waals surface area (Å²) in [5, 5.41) is 0. The average Bonchev–Trinajstić information content (AvgIpc) is 2.46. The lowest BCUT2D eigenvalue weighted by Gasteiger charge is -2.21. The van der Waals surface area contributed by atoms with Crippen molar-refractivity contribution in [2.24, 2.45) is 5.73 Å². The third-order valence-electron chi connectivity index (χ3n) is 3.56. The van der Waals surface area contributed by atoms with Gasteiger partial charge in [0, 0.05) is 6.42 Å². The van der Waals surface area contributed by atoms with Crippen molar-refractivity contribution in [3.8, 4) is 5.75 Å². The van der Waals surface area contributed by atoms with Crippen LogP contribution in [0, 0.1) is 0 Å². The molecule has 0 radical (unpaired) electrons. The van der Waals surface area contributed by atoms with Crippen molar-refractivity contribution in [3.63, 3.8) is 0 Å². The number of benzene rings is 1. The fraction of sp³-hybridized carbons (Fsp3) is 0.562. The normalized spacial score (nSPS) is 16.0. The second-order valence-corrected chi connectivity index (χ2v) is 5.79. The van der Waals surface area contributed by atoms with Crippen LogP contribution in [-0.2, 0) is 11.2 Å². The molecule has 110 valence electrons. The first-order chi connectivity index (χ1) is 9.74. The second kappa shape index (κ2) is 8.22. The summed E-state index contributed by atoms with van der Waals surface area (Å²) in [5.41, 5.74) is 6.63. The van der Waals surface area contributed by atoms with E-state index in [4.69, 9.17) is 27.4 Å². The molecule has 0 saturated heterocycles. The van der Waals surface area contributed by atoms with Gasteiger partial charge in [-0.2, -0.15) is 0 Å². The summed E-state index contributed by atoms with van der Waals surface area (Å²) < 4.78 is 11.5. The van der Waals surface area contributed by atoms with Gasteiger partial charge < -0.3 is 15.2 Å². The van der Waals surface area contributed by atoms with Gasteiger partial charge in [-0.15, -0.1) is 0 Å². The number of hydrogen-bond donors (Lipinski definition) is 1. The minimum atomic E-state index is 0.445. The maximum absolute atomic E-state index is 5.82. The smallest absolute Gasteiger partial charge is 0.119 e. The Morgan fingerprint density at radius 1 is 1.10 bits per heavy atom. The van der Waals surface area contributed by atoms with Gasteiger partial charge in [0.25, 0.3) is 0 Å². The summed E-state index contributed by atoms with van der Waals surface area (Å²) >= 11 is 4.89. The maximum Gasteiger partial charge on any atom is 0.119 e. The van der Waals surface area contributed by atoms with E-state index in [0.29, 0.717) is 30.7 Å². The molecule has 0 atom stereocenters. The zero-order chi connectivity index (χ0) is 14.2. The summed E-state index contributed by atoms with van der Waals surface area (Å²) in [4.78, 5) is 0.513. The van der Waals surface area contributed by atoms with Crippen molar-refractivity contribution in [2.45, 2.75) is 44.6 Å². The lowest BCUT2D eigenvalue weighted by molar-refractivity contribution is 0.0129. The van der Waals surface area contributed by atoms with E-state index in [0.717, 1.165) is 11.3 Å². The average molecular weight is 293 g/mol. The molecule has 1 fully saturated rings. The number of thiocarbonyl (C=S) groups is 1. The molecule has 0 aliphatic heterocycles. The van der Waals surface area contributed by atoms with Crippen LogP contribution in [0.4, 0.5) is 0 Å². The molecular formula is C16H23NO2S. The van der Waals surface area contributed by atoms with Crippen LogP contribution in [0.5, 0.6) is 5.75 Å². The summed E-state index contributed by atoms with van der Waals surface area (Å²) in [6, 6.07) is 7.90. The molecule has 0 unspecified atom stereocenters. The Labute approximate surface area is 126 Å². The van der Waals surface area contributed by atoms with Crippen LogP contribution in [-0.4, -0.2) is 24.3 Å². The molecule has 2 N–H and O–H groups in total. The highest BCUT2D eigenvalue weighted by Gasteiger charge is 2.13. The topological polar surface area (TPSA) is 44.5 Å². The minimum absolute atomic E-state index is 0.445. The number of ether oxygens (including phenoxy) is 2. The van der Waals surface area contributed by atoms with E-state index in [1.54, 1.807) is 0 Å². The molecule has 0 spiro atoms. The van der Waals surface area contributed by atoms with Crippen molar-refractivity contribution >= 4 is 17.2 Å². The molecule has 0 heterocycles. The number of nitrogens with two attached hydrogens (primary N) is 1. The Kier molecular flexibility index (Phi) is 6.27. The zero-order valence-corrected chi connectivity index (χ0v) is 12.7.